The van der Waals surface area contributed by atoms with Crippen LogP contribution in [0.2, 0.25) is 0 Å². The summed E-state index contributed by atoms with van der Waals surface area (Å²) in [5.41, 5.74) is -0.482. The van der Waals surface area contributed by atoms with Gasteiger partial charge in [0.05, 0.1) is 24.3 Å². The van der Waals surface area contributed by atoms with E-state index in [2.05, 4.69) is 5.32 Å². The molecule has 0 aliphatic heterocycles. The Balaban J connectivity index is 2.01. The third-order valence-corrected chi connectivity index (χ3v) is 4.14. The highest BCUT2D eigenvalue weighted by atomic mass is 19.4. The lowest BCUT2D eigenvalue weighted by Gasteiger charge is -2.29. The average Bonchev–Trinajstić information content (AvgIpc) is 2.61. The van der Waals surface area contributed by atoms with Crippen LogP contribution in [0.4, 0.5) is 24.5 Å². The molecule has 29 heavy (non-hydrogen) atoms. The standard InChI is InChI=1S/C21H24F3N3O2/c1-15(2)27(16-9-5-4-6-10-16)20(29)14-26(3)13-19(28)25-18-12-8-7-11-17(18)21(22,23)24/h4-12,15H,13-14H2,1-3H3,(H,25,28). The Kier molecular flexibility index (Phi) is 7.39. The largest absolute Gasteiger partial charge is 0.418 e. The molecule has 5 nitrogen and oxygen atoms in total. The van der Waals surface area contributed by atoms with Crippen LogP contribution in [0, 0.1) is 0 Å². The highest BCUT2D eigenvalue weighted by Gasteiger charge is 2.33. The van der Waals surface area contributed by atoms with Gasteiger partial charge in [0.2, 0.25) is 11.8 Å². The third kappa shape index (κ3) is 6.32. The summed E-state index contributed by atoms with van der Waals surface area (Å²) in [5, 5.41) is 2.28. The topological polar surface area (TPSA) is 52.7 Å². The van der Waals surface area contributed by atoms with Gasteiger partial charge in [-0.05, 0) is 45.2 Å². The minimum atomic E-state index is -4.57. The molecule has 156 valence electrons. The molecule has 0 saturated heterocycles. The zero-order valence-corrected chi connectivity index (χ0v) is 16.5. The zero-order valence-electron chi connectivity index (χ0n) is 16.5. The molecule has 0 saturated carbocycles. The van der Waals surface area contributed by atoms with Crippen LogP contribution < -0.4 is 10.2 Å². The first-order chi connectivity index (χ1) is 13.6. The second-order valence-electron chi connectivity index (χ2n) is 6.96. The number of nitrogens with zero attached hydrogens (tertiary/aromatic N) is 2. The van der Waals surface area contributed by atoms with Crippen LogP contribution in [0.15, 0.2) is 54.6 Å². The maximum absolute atomic E-state index is 13.0. The van der Waals surface area contributed by atoms with Gasteiger partial charge in [-0.15, -0.1) is 0 Å². The highest BCUT2D eigenvalue weighted by molar-refractivity contribution is 5.96. The zero-order chi connectivity index (χ0) is 21.6. The molecule has 2 rings (SSSR count). The quantitative estimate of drug-likeness (QED) is 0.754. The molecule has 0 aromatic heterocycles. The summed E-state index contributed by atoms with van der Waals surface area (Å²) in [6.45, 7) is 3.48. The molecule has 0 bridgehead atoms. The number of halogens is 3. The fraction of sp³-hybridized carbons (Fsp3) is 0.333. The molecular formula is C21H24F3N3O2. The van der Waals surface area contributed by atoms with Crippen molar-refractivity contribution in [1.29, 1.82) is 0 Å². The number of rotatable bonds is 7. The van der Waals surface area contributed by atoms with E-state index in [1.807, 2.05) is 44.2 Å². The average molecular weight is 407 g/mol. The van der Waals surface area contributed by atoms with Gasteiger partial charge in [0.25, 0.3) is 0 Å². The Morgan fingerprint density at radius 3 is 2.14 bits per heavy atom. The van der Waals surface area contributed by atoms with Gasteiger partial charge in [-0.25, -0.2) is 0 Å². The molecule has 0 heterocycles. The van der Waals surface area contributed by atoms with Crippen LogP contribution in [0.5, 0.6) is 0 Å². The number of anilines is 2. The summed E-state index contributed by atoms with van der Waals surface area (Å²) >= 11 is 0. The van der Waals surface area contributed by atoms with Gasteiger partial charge in [0.1, 0.15) is 0 Å². The van der Waals surface area contributed by atoms with E-state index in [9.17, 15) is 22.8 Å². The summed E-state index contributed by atoms with van der Waals surface area (Å²) in [6, 6.07) is 13.8. The number of nitrogens with one attached hydrogen (secondary N) is 1. The van der Waals surface area contributed by atoms with Gasteiger partial charge in [0.15, 0.2) is 0 Å². The first-order valence-electron chi connectivity index (χ1n) is 9.11. The molecular weight excluding hydrogens is 383 g/mol. The Hall–Kier alpha value is -2.87. The summed E-state index contributed by atoms with van der Waals surface area (Å²) < 4.78 is 39.1. The van der Waals surface area contributed by atoms with Crippen molar-refractivity contribution in [3.8, 4) is 0 Å². The minimum Gasteiger partial charge on any atom is -0.324 e. The number of carbonyl (C=O) groups excluding carboxylic acids is 2. The van der Waals surface area contributed by atoms with E-state index in [0.717, 1.165) is 11.8 Å². The van der Waals surface area contributed by atoms with Gasteiger partial charge in [-0.1, -0.05) is 30.3 Å². The minimum absolute atomic E-state index is 0.0542. The maximum Gasteiger partial charge on any atom is 0.418 e. The number of hydrogen-bond donors (Lipinski definition) is 1. The molecule has 0 radical (unpaired) electrons. The van der Waals surface area contributed by atoms with Gasteiger partial charge in [-0.2, -0.15) is 13.2 Å². The lowest BCUT2D eigenvalue weighted by atomic mass is 10.1. The van der Waals surface area contributed by atoms with E-state index in [0.29, 0.717) is 0 Å². The van der Waals surface area contributed by atoms with Crippen molar-refractivity contribution in [3.63, 3.8) is 0 Å². The Morgan fingerprint density at radius 2 is 1.55 bits per heavy atom. The molecule has 8 heteroatoms. The summed E-state index contributed by atoms with van der Waals surface area (Å²) in [5.74, 6) is -0.843. The number of hydrogen-bond acceptors (Lipinski definition) is 3. The lowest BCUT2D eigenvalue weighted by molar-refractivity contribution is -0.137. The number of amides is 2. The normalized spacial score (nSPS) is 11.6. The smallest absolute Gasteiger partial charge is 0.324 e. The predicted octanol–water partition coefficient (Wildman–Crippen LogP) is 4.02. The van der Waals surface area contributed by atoms with E-state index in [1.165, 1.54) is 23.1 Å². The highest BCUT2D eigenvalue weighted by Crippen LogP contribution is 2.34. The first-order valence-corrected chi connectivity index (χ1v) is 9.11. The fourth-order valence-electron chi connectivity index (χ4n) is 2.96. The second kappa shape index (κ2) is 9.56. The van der Waals surface area contributed by atoms with E-state index < -0.39 is 17.6 Å². The fourth-order valence-corrected chi connectivity index (χ4v) is 2.96. The van der Waals surface area contributed by atoms with Crippen LogP contribution in [-0.2, 0) is 15.8 Å². The molecule has 2 aromatic rings. The molecule has 0 spiro atoms. The molecule has 0 aliphatic rings. The van der Waals surface area contributed by atoms with Crippen molar-refractivity contribution < 1.29 is 22.8 Å². The predicted molar refractivity (Wildman–Crippen MR) is 107 cm³/mol. The van der Waals surface area contributed by atoms with Crippen molar-refractivity contribution in [2.45, 2.75) is 26.1 Å². The van der Waals surface area contributed by atoms with Gasteiger partial charge in [0, 0.05) is 11.7 Å². The molecule has 1 N–H and O–H groups in total. The lowest BCUT2D eigenvalue weighted by Crippen LogP contribution is -2.44. The van der Waals surface area contributed by atoms with E-state index in [1.54, 1.807) is 11.9 Å². The van der Waals surface area contributed by atoms with Crippen molar-refractivity contribution in [1.82, 2.24) is 4.90 Å². The molecule has 0 aliphatic carbocycles. The first kappa shape index (κ1) is 22.4. The maximum atomic E-state index is 13.0. The van der Waals surface area contributed by atoms with E-state index >= 15 is 0 Å². The van der Waals surface area contributed by atoms with Crippen molar-refractivity contribution in [2.24, 2.45) is 0 Å². The van der Waals surface area contributed by atoms with Gasteiger partial charge < -0.3 is 10.2 Å². The summed E-state index contributed by atoms with van der Waals surface area (Å²) in [6.07, 6.45) is -4.57. The molecule has 0 fully saturated rings. The number of alkyl halides is 3. The Morgan fingerprint density at radius 1 is 0.966 bits per heavy atom. The van der Waals surface area contributed by atoms with E-state index in [4.69, 9.17) is 0 Å². The van der Waals surface area contributed by atoms with Crippen LogP contribution in [-0.4, -0.2) is 42.9 Å². The summed E-state index contributed by atoms with van der Waals surface area (Å²) in [4.78, 5) is 28.0. The second-order valence-corrected chi connectivity index (χ2v) is 6.96. The van der Waals surface area contributed by atoms with Crippen LogP contribution in [0.3, 0.4) is 0 Å². The molecule has 0 atom stereocenters. The summed E-state index contributed by atoms with van der Waals surface area (Å²) in [7, 11) is 1.57. The number of para-hydroxylation sites is 2. The Bertz CT molecular complexity index is 839. The van der Waals surface area contributed by atoms with Crippen molar-refractivity contribution in [2.75, 3.05) is 30.4 Å². The number of benzene rings is 2. The van der Waals surface area contributed by atoms with Crippen LogP contribution in [0.1, 0.15) is 19.4 Å². The molecule has 2 aromatic carbocycles. The van der Waals surface area contributed by atoms with Crippen LogP contribution in [0.25, 0.3) is 0 Å². The molecule has 2 amide bonds. The van der Waals surface area contributed by atoms with E-state index in [-0.39, 0.29) is 30.7 Å². The third-order valence-electron chi connectivity index (χ3n) is 4.14. The SMILES string of the molecule is CC(C)N(C(=O)CN(C)CC(=O)Nc1ccccc1C(F)(F)F)c1ccccc1. The van der Waals surface area contributed by atoms with Crippen molar-refractivity contribution >= 4 is 23.2 Å². The van der Waals surface area contributed by atoms with Gasteiger partial charge in [-0.3, -0.25) is 14.5 Å². The molecule has 0 unspecified atom stereocenters. The van der Waals surface area contributed by atoms with Crippen molar-refractivity contribution in [3.05, 3.63) is 60.2 Å². The number of carbonyl (C=O) groups is 2. The van der Waals surface area contributed by atoms with Crippen LogP contribution >= 0.6 is 0 Å². The monoisotopic (exact) mass is 407 g/mol. The number of likely N-dealkylation sites (N-methyl/N-ethyl adjacent to an activating group) is 1. The van der Waals surface area contributed by atoms with Gasteiger partial charge >= 0.3 is 6.18 Å². The Labute approximate surface area is 168 Å².